The molecule has 4 aromatic rings. The first-order valence-electron chi connectivity index (χ1n) is 13.8. The molecule has 3 N–H and O–H groups in total. The van der Waals surface area contributed by atoms with Crippen LogP contribution in [0.5, 0.6) is 23.5 Å². The highest BCUT2D eigenvalue weighted by molar-refractivity contribution is 6.88. The Hall–Kier alpha value is -4.35. The molecule has 0 saturated carbocycles. The first kappa shape index (κ1) is 30.6. The van der Waals surface area contributed by atoms with E-state index in [1.54, 1.807) is 12.1 Å². The van der Waals surface area contributed by atoms with Gasteiger partial charge in [0.05, 0.1) is 28.7 Å². The van der Waals surface area contributed by atoms with E-state index >= 15 is 0 Å². The molecule has 222 valence electrons. The Morgan fingerprint density at radius 2 is 1.64 bits per heavy atom. The average Bonchev–Trinajstić information content (AvgIpc) is 3.40. The molecule has 0 aliphatic rings. The molecule has 2 heterocycles. The van der Waals surface area contributed by atoms with Gasteiger partial charge in [0.2, 0.25) is 23.6 Å². The van der Waals surface area contributed by atoms with Gasteiger partial charge in [0, 0.05) is 25.7 Å². The molecule has 0 atom stereocenters. The van der Waals surface area contributed by atoms with Crippen LogP contribution in [0.2, 0.25) is 19.6 Å². The van der Waals surface area contributed by atoms with Gasteiger partial charge in [-0.3, -0.25) is 4.79 Å². The van der Waals surface area contributed by atoms with E-state index in [9.17, 15) is 4.79 Å². The van der Waals surface area contributed by atoms with Crippen molar-refractivity contribution in [2.24, 2.45) is 0 Å². The SMILES string of the molecule is COc1nc(NCCNCc2ccccc2)nc(OC)c1NC(=O)Cc1ccc(Oc2cc([Si](C)(C)C)ccc2C)o1. The predicted octanol–water partition coefficient (Wildman–Crippen LogP) is 5.12. The van der Waals surface area contributed by atoms with Crippen molar-refractivity contribution in [1.82, 2.24) is 15.3 Å². The highest BCUT2D eigenvalue weighted by atomic mass is 28.3. The average molecular weight is 590 g/mol. The van der Waals surface area contributed by atoms with E-state index in [-0.39, 0.29) is 29.8 Å². The summed E-state index contributed by atoms with van der Waals surface area (Å²) in [6, 6.07) is 19.9. The molecule has 0 bridgehead atoms. The van der Waals surface area contributed by atoms with Crippen LogP contribution in [0.15, 0.2) is 65.1 Å². The van der Waals surface area contributed by atoms with Crippen molar-refractivity contribution < 1.29 is 23.4 Å². The molecule has 0 unspecified atom stereocenters. The molecule has 0 aliphatic carbocycles. The molecule has 0 aliphatic heterocycles. The summed E-state index contributed by atoms with van der Waals surface area (Å²) in [4.78, 5) is 21.7. The minimum Gasteiger partial charge on any atom is -0.479 e. The first-order valence-corrected chi connectivity index (χ1v) is 17.3. The zero-order valence-electron chi connectivity index (χ0n) is 25.0. The fourth-order valence-corrected chi connectivity index (χ4v) is 5.28. The number of amides is 1. The molecule has 1 amide bonds. The molecule has 0 spiro atoms. The molecular formula is C31H39N5O5Si. The van der Waals surface area contributed by atoms with Gasteiger partial charge in [-0.15, -0.1) is 0 Å². The summed E-state index contributed by atoms with van der Waals surface area (Å²) in [6.07, 6.45) is -0.0311. The number of hydrogen-bond acceptors (Lipinski definition) is 9. The summed E-state index contributed by atoms with van der Waals surface area (Å²) >= 11 is 0. The first-order chi connectivity index (χ1) is 20.2. The molecule has 2 aromatic heterocycles. The zero-order valence-corrected chi connectivity index (χ0v) is 26.0. The minimum absolute atomic E-state index is 0.0311. The van der Waals surface area contributed by atoms with Crippen LogP contribution in [0.25, 0.3) is 0 Å². The maximum Gasteiger partial charge on any atom is 0.290 e. The Kier molecular flexibility index (Phi) is 10.2. The quantitative estimate of drug-likeness (QED) is 0.136. The lowest BCUT2D eigenvalue weighted by molar-refractivity contribution is -0.115. The van der Waals surface area contributed by atoms with E-state index < -0.39 is 8.07 Å². The number of methoxy groups -OCH3 is 2. The number of carbonyl (C=O) groups excluding carboxylic acids is 1. The lowest BCUT2D eigenvalue weighted by Crippen LogP contribution is -2.37. The normalized spacial score (nSPS) is 11.2. The molecule has 0 fully saturated rings. The van der Waals surface area contributed by atoms with Crippen molar-refractivity contribution in [3.63, 3.8) is 0 Å². The number of aryl methyl sites for hydroxylation is 1. The van der Waals surface area contributed by atoms with Gasteiger partial charge in [-0.05, 0) is 30.2 Å². The van der Waals surface area contributed by atoms with Gasteiger partial charge in [-0.1, -0.05) is 67.3 Å². The predicted molar refractivity (Wildman–Crippen MR) is 167 cm³/mol. The number of furan rings is 1. The molecule has 4 rings (SSSR count). The summed E-state index contributed by atoms with van der Waals surface area (Å²) in [6.45, 7) is 10.9. The van der Waals surface area contributed by atoms with Crippen LogP contribution in [-0.2, 0) is 17.8 Å². The molecule has 0 saturated heterocycles. The Morgan fingerprint density at radius 1 is 0.929 bits per heavy atom. The van der Waals surface area contributed by atoms with Gasteiger partial charge in [0.1, 0.15) is 11.5 Å². The number of benzene rings is 2. The van der Waals surface area contributed by atoms with Crippen LogP contribution < -0.4 is 35.3 Å². The Labute approximate surface area is 247 Å². The lowest BCUT2D eigenvalue weighted by atomic mass is 10.2. The number of ether oxygens (including phenoxy) is 3. The van der Waals surface area contributed by atoms with Crippen LogP contribution in [0.1, 0.15) is 16.9 Å². The standard InChI is InChI=1S/C31H39N5O5Si/c1-21-12-14-24(42(4,5)6)19-25(21)41-27-15-13-23(40-27)18-26(37)34-28-29(38-2)35-31(36-30(28)39-3)33-17-16-32-20-22-10-8-7-9-11-22/h7-15,19,32H,16-18,20H2,1-6H3,(H,34,37)(H,33,35,36). The topological polar surface area (TPSA) is 120 Å². The summed E-state index contributed by atoms with van der Waals surface area (Å²) in [7, 11) is 1.44. The van der Waals surface area contributed by atoms with Crippen molar-refractivity contribution in [3.8, 4) is 23.5 Å². The number of carbonyl (C=O) groups is 1. The molecule has 11 heteroatoms. The zero-order chi connectivity index (χ0) is 30.1. The molecular weight excluding hydrogens is 550 g/mol. The van der Waals surface area contributed by atoms with Crippen molar-refractivity contribution in [3.05, 3.63) is 77.6 Å². The Morgan fingerprint density at radius 3 is 2.31 bits per heavy atom. The van der Waals surface area contributed by atoms with Crippen LogP contribution in [-0.4, -0.2) is 51.3 Å². The third kappa shape index (κ3) is 8.34. The fourth-order valence-electron chi connectivity index (χ4n) is 4.13. The van der Waals surface area contributed by atoms with Crippen LogP contribution >= 0.6 is 0 Å². The number of rotatable bonds is 14. The second-order valence-electron chi connectivity index (χ2n) is 10.8. The Bertz CT molecular complexity index is 1460. The van der Waals surface area contributed by atoms with E-state index in [0.717, 1.165) is 17.9 Å². The second kappa shape index (κ2) is 14.0. The highest BCUT2D eigenvalue weighted by Gasteiger charge is 2.21. The summed E-state index contributed by atoms with van der Waals surface area (Å²) < 4.78 is 22.7. The third-order valence-corrected chi connectivity index (χ3v) is 8.53. The van der Waals surface area contributed by atoms with E-state index in [0.29, 0.717) is 30.7 Å². The van der Waals surface area contributed by atoms with Gasteiger partial charge >= 0.3 is 0 Å². The van der Waals surface area contributed by atoms with Crippen molar-refractivity contribution in [1.29, 1.82) is 0 Å². The van der Waals surface area contributed by atoms with E-state index in [4.69, 9.17) is 18.6 Å². The largest absolute Gasteiger partial charge is 0.479 e. The van der Waals surface area contributed by atoms with Crippen LogP contribution in [0.4, 0.5) is 11.6 Å². The third-order valence-electron chi connectivity index (χ3n) is 6.49. The monoisotopic (exact) mass is 589 g/mol. The fraction of sp³-hybridized carbons (Fsp3) is 0.323. The minimum atomic E-state index is -1.50. The van der Waals surface area contributed by atoms with Gasteiger partial charge in [0.15, 0.2) is 5.69 Å². The smallest absolute Gasteiger partial charge is 0.290 e. The van der Waals surface area contributed by atoms with Gasteiger partial charge < -0.3 is 34.6 Å². The molecule has 0 radical (unpaired) electrons. The molecule has 42 heavy (non-hydrogen) atoms. The lowest BCUT2D eigenvalue weighted by Gasteiger charge is -2.18. The second-order valence-corrected chi connectivity index (χ2v) is 15.9. The maximum absolute atomic E-state index is 12.9. The summed E-state index contributed by atoms with van der Waals surface area (Å²) in [5.41, 5.74) is 2.45. The van der Waals surface area contributed by atoms with E-state index in [1.807, 2.05) is 25.1 Å². The van der Waals surface area contributed by atoms with E-state index in [1.165, 1.54) is 25.0 Å². The summed E-state index contributed by atoms with van der Waals surface area (Å²) in [5, 5.41) is 10.6. The molecule has 2 aromatic carbocycles. The highest BCUT2D eigenvalue weighted by Crippen LogP contribution is 2.33. The number of anilines is 2. The number of nitrogens with one attached hydrogen (secondary N) is 3. The summed E-state index contributed by atoms with van der Waals surface area (Å²) in [5.74, 6) is 1.84. The van der Waals surface area contributed by atoms with Gasteiger partial charge in [-0.25, -0.2) is 0 Å². The van der Waals surface area contributed by atoms with Crippen molar-refractivity contribution in [2.75, 3.05) is 37.9 Å². The maximum atomic E-state index is 12.9. The number of hydrogen-bond donors (Lipinski definition) is 3. The van der Waals surface area contributed by atoms with Crippen LogP contribution in [0.3, 0.4) is 0 Å². The Balaban J connectivity index is 1.35. The van der Waals surface area contributed by atoms with E-state index in [2.05, 4.69) is 75.9 Å². The number of aromatic nitrogens is 2. The number of nitrogens with zero attached hydrogens (tertiary/aromatic N) is 2. The van der Waals surface area contributed by atoms with Gasteiger partial charge in [0.25, 0.3) is 5.95 Å². The van der Waals surface area contributed by atoms with Gasteiger partial charge in [-0.2, -0.15) is 9.97 Å². The molecule has 10 nitrogen and oxygen atoms in total. The van der Waals surface area contributed by atoms with Crippen molar-refractivity contribution in [2.45, 2.75) is 39.5 Å². The van der Waals surface area contributed by atoms with Crippen molar-refractivity contribution >= 4 is 30.8 Å². The van der Waals surface area contributed by atoms with Crippen LogP contribution in [0, 0.1) is 6.92 Å².